The Bertz CT molecular complexity index is 1180. The standard InChI is InChI=1S/C22H22N2O6S/c1-28-19-7-5-4-6-18(19)24-31(26,27)17-11-9-16(10-12-17)23-22(25)15-8-13-20(29-2)21(14-15)30-3/h4-14,24H,1-3H3,(H,23,25). The third-order valence-electron chi connectivity index (χ3n) is 4.42. The number of ether oxygens (including phenoxy) is 3. The van der Waals surface area contributed by atoms with E-state index in [1.165, 1.54) is 45.6 Å². The van der Waals surface area contributed by atoms with Gasteiger partial charge in [-0.05, 0) is 54.6 Å². The van der Waals surface area contributed by atoms with Crippen molar-refractivity contribution in [3.8, 4) is 17.2 Å². The first kappa shape index (κ1) is 22.0. The number of sulfonamides is 1. The first-order chi connectivity index (χ1) is 14.9. The Labute approximate surface area is 180 Å². The van der Waals surface area contributed by atoms with Crippen LogP contribution >= 0.6 is 0 Å². The second kappa shape index (κ2) is 9.40. The molecule has 0 saturated heterocycles. The SMILES string of the molecule is COc1ccccc1NS(=O)(=O)c1ccc(NC(=O)c2ccc(OC)c(OC)c2)cc1. The first-order valence-electron chi connectivity index (χ1n) is 9.17. The lowest BCUT2D eigenvalue weighted by atomic mass is 10.2. The summed E-state index contributed by atoms with van der Waals surface area (Å²) in [6.45, 7) is 0. The smallest absolute Gasteiger partial charge is 0.262 e. The highest BCUT2D eigenvalue weighted by Crippen LogP contribution is 2.28. The number of carbonyl (C=O) groups is 1. The monoisotopic (exact) mass is 442 g/mol. The summed E-state index contributed by atoms with van der Waals surface area (Å²) in [5.41, 5.74) is 1.14. The zero-order valence-electron chi connectivity index (χ0n) is 17.2. The highest BCUT2D eigenvalue weighted by atomic mass is 32.2. The Balaban J connectivity index is 1.74. The lowest BCUT2D eigenvalue weighted by molar-refractivity contribution is 0.102. The van der Waals surface area contributed by atoms with Gasteiger partial charge in [-0.3, -0.25) is 9.52 Å². The Morgan fingerprint density at radius 2 is 1.42 bits per heavy atom. The van der Waals surface area contributed by atoms with E-state index in [-0.39, 0.29) is 10.8 Å². The quantitative estimate of drug-likeness (QED) is 0.551. The van der Waals surface area contributed by atoms with Crippen molar-refractivity contribution < 1.29 is 27.4 Å². The summed E-state index contributed by atoms with van der Waals surface area (Å²) in [5, 5.41) is 2.72. The molecule has 1 amide bonds. The van der Waals surface area contributed by atoms with E-state index >= 15 is 0 Å². The van der Waals surface area contributed by atoms with E-state index in [4.69, 9.17) is 14.2 Å². The van der Waals surface area contributed by atoms with Gasteiger partial charge in [0.15, 0.2) is 11.5 Å². The minimum absolute atomic E-state index is 0.0440. The van der Waals surface area contributed by atoms with Gasteiger partial charge in [-0.15, -0.1) is 0 Å². The van der Waals surface area contributed by atoms with Crippen molar-refractivity contribution in [1.29, 1.82) is 0 Å². The minimum atomic E-state index is -3.83. The molecule has 3 aromatic rings. The van der Waals surface area contributed by atoms with Crippen LogP contribution in [0.2, 0.25) is 0 Å². The van der Waals surface area contributed by atoms with Gasteiger partial charge in [-0.1, -0.05) is 12.1 Å². The number of nitrogens with one attached hydrogen (secondary N) is 2. The van der Waals surface area contributed by atoms with E-state index in [1.54, 1.807) is 42.5 Å². The van der Waals surface area contributed by atoms with Gasteiger partial charge >= 0.3 is 0 Å². The maximum atomic E-state index is 12.7. The van der Waals surface area contributed by atoms with Gasteiger partial charge in [0.2, 0.25) is 0 Å². The molecule has 9 heteroatoms. The number of anilines is 2. The molecular weight excluding hydrogens is 420 g/mol. The molecule has 0 aliphatic heterocycles. The third kappa shape index (κ3) is 5.07. The topological polar surface area (TPSA) is 103 Å². The number of hydrogen-bond donors (Lipinski definition) is 2. The molecule has 3 rings (SSSR count). The van der Waals surface area contributed by atoms with Crippen LogP contribution in [0.5, 0.6) is 17.2 Å². The molecule has 0 unspecified atom stereocenters. The normalized spacial score (nSPS) is 10.8. The molecule has 0 aromatic heterocycles. The van der Waals surface area contributed by atoms with E-state index in [2.05, 4.69) is 10.0 Å². The molecule has 0 atom stereocenters. The van der Waals surface area contributed by atoms with Gasteiger partial charge in [0.05, 0.1) is 31.9 Å². The van der Waals surface area contributed by atoms with Crippen LogP contribution in [-0.2, 0) is 10.0 Å². The van der Waals surface area contributed by atoms with E-state index in [0.29, 0.717) is 34.2 Å². The summed E-state index contributed by atoms with van der Waals surface area (Å²) in [6.07, 6.45) is 0. The van der Waals surface area contributed by atoms with Gasteiger partial charge in [0.25, 0.3) is 15.9 Å². The van der Waals surface area contributed by atoms with Gasteiger partial charge < -0.3 is 19.5 Å². The minimum Gasteiger partial charge on any atom is -0.495 e. The van der Waals surface area contributed by atoms with Crippen molar-refractivity contribution in [3.63, 3.8) is 0 Å². The average molecular weight is 442 g/mol. The second-order valence-electron chi connectivity index (χ2n) is 6.35. The summed E-state index contributed by atoms with van der Waals surface area (Å²) in [7, 11) is 0.622. The van der Waals surface area contributed by atoms with Crippen LogP contribution in [0.1, 0.15) is 10.4 Å². The maximum Gasteiger partial charge on any atom is 0.262 e. The molecule has 2 N–H and O–H groups in total. The number of para-hydroxylation sites is 2. The number of amides is 1. The third-order valence-corrected chi connectivity index (χ3v) is 5.80. The van der Waals surface area contributed by atoms with Crippen LogP contribution in [0.4, 0.5) is 11.4 Å². The Hall–Kier alpha value is -3.72. The highest BCUT2D eigenvalue weighted by molar-refractivity contribution is 7.92. The largest absolute Gasteiger partial charge is 0.495 e. The molecule has 0 saturated carbocycles. The molecule has 0 heterocycles. The zero-order chi connectivity index (χ0) is 22.4. The predicted octanol–water partition coefficient (Wildman–Crippen LogP) is 3.77. The average Bonchev–Trinajstić information content (AvgIpc) is 2.79. The summed E-state index contributed by atoms with van der Waals surface area (Å²) in [6, 6.07) is 17.3. The van der Waals surface area contributed by atoms with Gasteiger partial charge in [-0.25, -0.2) is 8.42 Å². The number of carbonyl (C=O) groups excluding carboxylic acids is 1. The van der Waals surface area contributed by atoms with Crippen LogP contribution in [0.25, 0.3) is 0 Å². The summed E-state index contributed by atoms with van der Waals surface area (Å²) in [5.74, 6) is 0.976. The molecule has 0 aliphatic carbocycles. The molecule has 3 aromatic carbocycles. The zero-order valence-corrected chi connectivity index (χ0v) is 18.0. The second-order valence-corrected chi connectivity index (χ2v) is 8.04. The summed E-state index contributed by atoms with van der Waals surface area (Å²) >= 11 is 0. The number of benzene rings is 3. The fourth-order valence-electron chi connectivity index (χ4n) is 2.83. The molecule has 0 radical (unpaired) electrons. The fourth-order valence-corrected chi connectivity index (χ4v) is 3.90. The Kier molecular flexibility index (Phi) is 6.66. The lowest BCUT2D eigenvalue weighted by Gasteiger charge is -2.12. The summed E-state index contributed by atoms with van der Waals surface area (Å²) in [4.78, 5) is 12.6. The predicted molar refractivity (Wildman–Crippen MR) is 118 cm³/mol. The van der Waals surface area contributed by atoms with Crippen LogP contribution in [0.15, 0.2) is 71.6 Å². The van der Waals surface area contributed by atoms with E-state index < -0.39 is 10.0 Å². The van der Waals surface area contributed by atoms with Gasteiger partial charge in [0, 0.05) is 11.3 Å². The summed E-state index contributed by atoms with van der Waals surface area (Å²) < 4.78 is 43.4. The molecule has 0 aliphatic rings. The van der Waals surface area contributed by atoms with Crippen molar-refractivity contribution in [2.45, 2.75) is 4.90 Å². The molecule has 31 heavy (non-hydrogen) atoms. The van der Waals surface area contributed by atoms with Crippen molar-refractivity contribution in [3.05, 3.63) is 72.3 Å². The molecule has 162 valence electrons. The lowest BCUT2D eigenvalue weighted by Crippen LogP contribution is -2.14. The van der Waals surface area contributed by atoms with Gasteiger partial charge in [-0.2, -0.15) is 0 Å². The molecule has 8 nitrogen and oxygen atoms in total. The Morgan fingerprint density at radius 3 is 2.06 bits per heavy atom. The van der Waals surface area contributed by atoms with Crippen molar-refractivity contribution in [2.24, 2.45) is 0 Å². The maximum absolute atomic E-state index is 12.7. The molecule has 0 bridgehead atoms. The number of methoxy groups -OCH3 is 3. The number of hydrogen-bond acceptors (Lipinski definition) is 6. The van der Waals surface area contributed by atoms with Crippen LogP contribution in [0.3, 0.4) is 0 Å². The molecular formula is C22H22N2O6S. The molecule has 0 fully saturated rings. The van der Waals surface area contributed by atoms with Crippen LogP contribution < -0.4 is 24.2 Å². The van der Waals surface area contributed by atoms with E-state index in [9.17, 15) is 13.2 Å². The van der Waals surface area contributed by atoms with E-state index in [1.807, 2.05) is 0 Å². The fraction of sp³-hybridized carbons (Fsp3) is 0.136. The highest BCUT2D eigenvalue weighted by Gasteiger charge is 2.17. The van der Waals surface area contributed by atoms with Crippen molar-refractivity contribution in [2.75, 3.05) is 31.4 Å². The van der Waals surface area contributed by atoms with Crippen molar-refractivity contribution in [1.82, 2.24) is 0 Å². The number of rotatable bonds is 8. The van der Waals surface area contributed by atoms with Crippen LogP contribution in [0, 0.1) is 0 Å². The van der Waals surface area contributed by atoms with E-state index in [0.717, 1.165) is 0 Å². The molecule has 0 spiro atoms. The first-order valence-corrected chi connectivity index (χ1v) is 10.7. The van der Waals surface area contributed by atoms with Crippen molar-refractivity contribution >= 4 is 27.3 Å². The Morgan fingerprint density at radius 1 is 0.774 bits per heavy atom. The van der Waals surface area contributed by atoms with Gasteiger partial charge in [0.1, 0.15) is 5.75 Å². The van der Waals surface area contributed by atoms with Crippen LogP contribution in [-0.4, -0.2) is 35.7 Å².